The molecule has 0 aliphatic heterocycles. The molecule has 2 aromatic carbocycles. The van der Waals surface area contributed by atoms with Gasteiger partial charge in [0.15, 0.2) is 0 Å². The Hall–Kier alpha value is -2.35. The lowest BCUT2D eigenvalue weighted by atomic mass is 9.99. The first-order valence-corrected chi connectivity index (χ1v) is 6.76. The zero-order valence-electron chi connectivity index (χ0n) is 12.0. The van der Waals surface area contributed by atoms with E-state index < -0.39 is 0 Å². The molecule has 0 saturated heterocycles. The molecule has 1 radical (unpaired) electrons. The summed E-state index contributed by atoms with van der Waals surface area (Å²) in [5, 5.41) is 4.64. The van der Waals surface area contributed by atoms with Gasteiger partial charge in [-0.1, -0.05) is 24.3 Å². The van der Waals surface area contributed by atoms with E-state index in [-0.39, 0.29) is 0 Å². The van der Waals surface area contributed by atoms with Crippen LogP contribution in [-0.4, -0.2) is 9.78 Å². The van der Waals surface area contributed by atoms with Crippen LogP contribution in [0.1, 0.15) is 16.7 Å². The number of nitrogens with zero attached hydrogens (tertiary/aromatic N) is 2. The van der Waals surface area contributed by atoms with Crippen molar-refractivity contribution in [2.24, 2.45) is 0 Å². The third-order valence-corrected chi connectivity index (χ3v) is 3.65. The monoisotopic (exact) mass is 261 g/mol. The first-order valence-electron chi connectivity index (χ1n) is 6.76. The molecule has 0 amide bonds. The summed E-state index contributed by atoms with van der Waals surface area (Å²) in [5.74, 6) is 0. The van der Waals surface area contributed by atoms with E-state index in [0.717, 1.165) is 11.4 Å². The number of para-hydroxylation sites is 1. The van der Waals surface area contributed by atoms with Crippen LogP contribution in [0.3, 0.4) is 0 Å². The van der Waals surface area contributed by atoms with Gasteiger partial charge in [-0.15, -0.1) is 0 Å². The van der Waals surface area contributed by atoms with Crippen LogP contribution in [0.5, 0.6) is 0 Å². The number of hydrogen-bond acceptors (Lipinski definition) is 1. The predicted molar refractivity (Wildman–Crippen MR) is 82.0 cm³/mol. The first kappa shape index (κ1) is 12.7. The Labute approximate surface area is 119 Å². The molecule has 1 aromatic heterocycles. The van der Waals surface area contributed by atoms with Gasteiger partial charge in [-0.25, -0.2) is 4.68 Å². The molecule has 0 bridgehead atoms. The van der Waals surface area contributed by atoms with Crippen molar-refractivity contribution in [3.63, 3.8) is 0 Å². The summed E-state index contributed by atoms with van der Waals surface area (Å²) in [4.78, 5) is 0. The minimum atomic E-state index is 0.967. The number of hydrogen-bond donors (Lipinski definition) is 0. The summed E-state index contributed by atoms with van der Waals surface area (Å²) in [6.07, 6.45) is 3.19. The van der Waals surface area contributed by atoms with Crippen molar-refractivity contribution in [1.29, 1.82) is 0 Å². The third-order valence-electron chi connectivity index (χ3n) is 3.65. The molecule has 0 N–H and O–H groups in total. The molecular formula is C18H17N2. The van der Waals surface area contributed by atoms with Crippen LogP contribution in [0.15, 0.2) is 48.5 Å². The zero-order chi connectivity index (χ0) is 14.1. The maximum Gasteiger partial charge on any atom is 0.0937 e. The van der Waals surface area contributed by atoms with E-state index in [9.17, 15) is 0 Å². The number of aromatic nitrogens is 2. The molecule has 0 saturated carbocycles. The highest BCUT2D eigenvalue weighted by molar-refractivity contribution is 5.65. The summed E-state index contributed by atoms with van der Waals surface area (Å²) in [6.45, 7) is 6.40. The molecule has 2 heteroatoms. The second-order valence-corrected chi connectivity index (χ2v) is 5.16. The zero-order valence-corrected chi connectivity index (χ0v) is 12.0. The van der Waals surface area contributed by atoms with Crippen LogP contribution in [0.25, 0.3) is 16.9 Å². The fourth-order valence-corrected chi connectivity index (χ4v) is 2.36. The van der Waals surface area contributed by atoms with E-state index in [1.54, 1.807) is 4.68 Å². The smallest absolute Gasteiger partial charge is 0.0937 e. The van der Waals surface area contributed by atoms with Gasteiger partial charge in [0, 0.05) is 5.56 Å². The van der Waals surface area contributed by atoms with Crippen LogP contribution >= 0.6 is 0 Å². The van der Waals surface area contributed by atoms with E-state index in [4.69, 9.17) is 0 Å². The normalized spacial score (nSPS) is 10.8. The Balaban J connectivity index is 2.05. The lowest BCUT2D eigenvalue weighted by molar-refractivity contribution is 0.877. The molecule has 20 heavy (non-hydrogen) atoms. The highest BCUT2D eigenvalue weighted by atomic mass is 15.3. The molecule has 0 unspecified atom stereocenters. The average molecular weight is 261 g/mol. The van der Waals surface area contributed by atoms with Gasteiger partial charge in [0.2, 0.25) is 0 Å². The van der Waals surface area contributed by atoms with Gasteiger partial charge in [-0.3, -0.25) is 0 Å². The predicted octanol–water partition coefficient (Wildman–Crippen LogP) is 4.26. The molecule has 0 aliphatic rings. The van der Waals surface area contributed by atoms with Crippen LogP contribution in [0, 0.1) is 27.0 Å². The molecular weight excluding hydrogens is 244 g/mol. The molecule has 0 atom stereocenters. The van der Waals surface area contributed by atoms with Crippen LogP contribution in [-0.2, 0) is 0 Å². The average Bonchev–Trinajstić information content (AvgIpc) is 2.93. The summed E-state index contributed by atoms with van der Waals surface area (Å²) in [7, 11) is 0. The SMILES string of the molecule is Cc1cc(C)c(-c2c[c]n(-c3ccccc3)n2)cc1C. The molecule has 3 rings (SSSR count). The van der Waals surface area contributed by atoms with E-state index in [1.165, 1.54) is 22.3 Å². The Morgan fingerprint density at radius 3 is 2.35 bits per heavy atom. The largest absolute Gasteiger partial charge is 0.231 e. The maximum atomic E-state index is 4.64. The van der Waals surface area contributed by atoms with Crippen molar-refractivity contribution < 1.29 is 0 Å². The number of benzene rings is 2. The van der Waals surface area contributed by atoms with Gasteiger partial charge >= 0.3 is 0 Å². The van der Waals surface area contributed by atoms with E-state index in [2.05, 4.69) is 44.2 Å². The van der Waals surface area contributed by atoms with Crippen LogP contribution in [0.2, 0.25) is 0 Å². The third kappa shape index (κ3) is 2.25. The molecule has 99 valence electrons. The lowest BCUT2D eigenvalue weighted by Gasteiger charge is -2.07. The summed E-state index contributed by atoms with van der Waals surface area (Å²) in [6, 6.07) is 16.4. The van der Waals surface area contributed by atoms with Crippen molar-refractivity contribution in [1.82, 2.24) is 9.78 Å². The highest BCUT2D eigenvalue weighted by Crippen LogP contribution is 2.25. The van der Waals surface area contributed by atoms with Gasteiger partial charge < -0.3 is 0 Å². The lowest BCUT2D eigenvalue weighted by Crippen LogP contribution is -1.95. The van der Waals surface area contributed by atoms with Gasteiger partial charge in [0.1, 0.15) is 0 Å². The second kappa shape index (κ2) is 4.97. The first-order chi connectivity index (χ1) is 9.65. The van der Waals surface area contributed by atoms with Gasteiger partial charge in [0.25, 0.3) is 0 Å². The second-order valence-electron chi connectivity index (χ2n) is 5.16. The molecule has 0 spiro atoms. The summed E-state index contributed by atoms with van der Waals surface area (Å²) >= 11 is 0. The van der Waals surface area contributed by atoms with Crippen molar-refractivity contribution in [2.45, 2.75) is 20.8 Å². The Kier molecular flexibility index (Phi) is 3.15. The Morgan fingerprint density at radius 1 is 0.900 bits per heavy atom. The molecule has 3 aromatic rings. The van der Waals surface area contributed by atoms with E-state index >= 15 is 0 Å². The van der Waals surface area contributed by atoms with Crippen molar-refractivity contribution in [3.8, 4) is 16.9 Å². The van der Waals surface area contributed by atoms with Gasteiger partial charge in [0.05, 0.1) is 17.6 Å². The van der Waals surface area contributed by atoms with Crippen molar-refractivity contribution in [3.05, 3.63) is 71.4 Å². The fraction of sp³-hybridized carbons (Fsp3) is 0.167. The Morgan fingerprint density at radius 2 is 1.60 bits per heavy atom. The van der Waals surface area contributed by atoms with E-state index in [1.807, 2.05) is 36.4 Å². The highest BCUT2D eigenvalue weighted by Gasteiger charge is 2.08. The maximum absolute atomic E-state index is 4.64. The summed E-state index contributed by atoms with van der Waals surface area (Å²) < 4.78 is 1.80. The summed E-state index contributed by atoms with van der Waals surface area (Å²) in [5.41, 5.74) is 7.03. The number of rotatable bonds is 2. The molecule has 2 nitrogen and oxygen atoms in total. The Bertz CT molecular complexity index is 739. The van der Waals surface area contributed by atoms with Crippen molar-refractivity contribution in [2.75, 3.05) is 0 Å². The van der Waals surface area contributed by atoms with Gasteiger partial charge in [-0.05, 0) is 61.7 Å². The van der Waals surface area contributed by atoms with Gasteiger partial charge in [-0.2, -0.15) is 5.10 Å². The quantitative estimate of drug-likeness (QED) is 0.673. The molecule has 0 aliphatic carbocycles. The van der Waals surface area contributed by atoms with Crippen LogP contribution in [0.4, 0.5) is 0 Å². The molecule has 0 fully saturated rings. The van der Waals surface area contributed by atoms with Crippen LogP contribution < -0.4 is 0 Å². The standard InChI is InChI=1S/C18H17N2/c1-13-11-15(3)17(12-14(13)2)18-9-10-20(19-18)16-7-5-4-6-8-16/h4-9,11-12H,1-3H3. The van der Waals surface area contributed by atoms with Crippen molar-refractivity contribution >= 4 is 0 Å². The number of aryl methyl sites for hydroxylation is 3. The fourth-order valence-electron chi connectivity index (χ4n) is 2.36. The minimum absolute atomic E-state index is 0.967. The van der Waals surface area contributed by atoms with E-state index in [0.29, 0.717) is 0 Å². The topological polar surface area (TPSA) is 17.8 Å². The minimum Gasteiger partial charge on any atom is -0.231 e. The molecule has 1 heterocycles.